The summed E-state index contributed by atoms with van der Waals surface area (Å²) in [7, 11) is 0. The molecule has 11 nitrogen and oxygen atoms in total. The molecule has 0 radical (unpaired) electrons. The number of carbonyl (C=O) groups is 2. The van der Waals surface area contributed by atoms with Crippen molar-refractivity contribution in [2.45, 2.75) is 88.9 Å². The van der Waals surface area contributed by atoms with Crippen molar-refractivity contribution in [2.24, 2.45) is 0 Å². The molecule has 4 heterocycles. The standard InChI is InChI=1S/C33H43N5O6S/c1-6-41-29-26(43-22-11-12-22)15-13-24(35-29)28-23-19-21(10-14-25(23)38(36-28)27-9-7-8-18-42-27)34-30(39)33(45-5)16-17-37(20-33)31(40)44-32(2,3)4/h10,13-15,19,22,27H,6-9,11-12,16-18,20H2,1-5H3,(H,34,39). The molecule has 1 N–H and O–H groups in total. The minimum atomic E-state index is -0.792. The molecule has 3 aromatic rings. The van der Waals surface area contributed by atoms with Crippen LogP contribution in [0.25, 0.3) is 22.3 Å². The number of rotatable bonds is 9. The lowest BCUT2D eigenvalue weighted by atomic mass is 10.1. The van der Waals surface area contributed by atoms with Crippen LogP contribution in [-0.2, 0) is 14.3 Å². The summed E-state index contributed by atoms with van der Waals surface area (Å²) in [5.41, 5.74) is 2.25. The number of likely N-dealkylation sites (tertiary alicyclic amines) is 1. The summed E-state index contributed by atoms with van der Waals surface area (Å²) in [5, 5.41) is 9.01. The summed E-state index contributed by atoms with van der Waals surface area (Å²) in [4.78, 5) is 33.0. The highest BCUT2D eigenvalue weighted by Gasteiger charge is 2.46. The molecule has 2 saturated heterocycles. The third-order valence-electron chi connectivity index (χ3n) is 8.25. The van der Waals surface area contributed by atoms with E-state index in [9.17, 15) is 9.59 Å². The van der Waals surface area contributed by atoms with Crippen LogP contribution >= 0.6 is 11.8 Å². The maximum Gasteiger partial charge on any atom is 0.410 e. The van der Waals surface area contributed by atoms with Crippen molar-refractivity contribution in [1.82, 2.24) is 19.7 Å². The molecule has 45 heavy (non-hydrogen) atoms. The van der Waals surface area contributed by atoms with Crippen LogP contribution in [-0.4, -0.2) is 80.7 Å². The lowest BCUT2D eigenvalue weighted by molar-refractivity contribution is -0.118. The second-order valence-corrected chi connectivity index (χ2v) is 14.1. The van der Waals surface area contributed by atoms with Gasteiger partial charge in [0.2, 0.25) is 5.91 Å². The Morgan fingerprint density at radius 2 is 1.98 bits per heavy atom. The van der Waals surface area contributed by atoms with Crippen LogP contribution in [0, 0.1) is 0 Å². The van der Waals surface area contributed by atoms with Crippen molar-refractivity contribution < 1.29 is 28.5 Å². The molecule has 3 aliphatic rings. The molecule has 242 valence electrons. The highest BCUT2D eigenvalue weighted by molar-refractivity contribution is 8.00. The number of ether oxygens (including phenoxy) is 4. The molecule has 2 aromatic heterocycles. The van der Waals surface area contributed by atoms with E-state index in [0.29, 0.717) is 54.9 Å². The molecule has 2 unspecified atom stereocenters. The number of thioether (sulfide) groups is 1. The highest BCUT2D eigenvalue weighted by atomic mass is 32.2. The maximum absolute atomic E-state index is 13.8. The van der Waals surface area contributed by atoms with E-state index in [0.717, 1.165) is 43.0 Å². The molecule has 2 amide bonds. The fourth-order valence-corrected chi connectivity index (χ4v) is 6.57. The number of anilines is 1. The van der Waals surface area contributed by atoms with Crippen LogP contribution in [0.2, 0.25) is 0 Å². The molecule has 2 atom stereocenters. The molecule has 1 saturated carbocycles. The first-order valence-corrected chi connectivity index (χ1v) is 17.1. The van der Waals surface area contributed by atoms with E-state index in [1.807, 2.05) is 69.0 Å². The molecule has 2 aliphatic heterocycles. The predicted molar refractivity (Wildman–Crippen MR) is 174 cm³/mol. The van der Waals surface area contributed by atoms with Gasteiger partial charge in [0.25, 0.3) is 5.88 Å². The smallest absolute Gasteiger partial charge is 0.410 e. The summed E-state index contributed by atoms with van der Waals surface area (Å²) < 4.78 is 24.8. The van der Waals surface area contributed by atoms with E-state index >= 15 is 0 Å². The number of hydrogen-bond acceptors (Lipinski definition) is 9. The molecular formula is C33H43N5O6S. The largest absolute Gasteiger partial charge is 0.485 e. The van der Waals surface area contributed by atoms with Gasteiger partial charge in [0.15, 0.2) is 12.0 Å². The van der Waals surface area contributed by atoms with Gasteiger partial charge in [-0.25, -0.2) is 14.5 Å². The molecule has 1 aliphatic carbocycles. The number of nitrogens with one attached hydrogen (secondary N) is 1. The first-order valence-electron chi connectivity index (χ1n) is 15.9. The van der Waals surface area contributed by atoms with Gasteiger partial charge >= 0.3 is 6.09 Å². The molecule has 12 heteroatoms. The minimum Gasteiger partial charge on any atom is -0.485 e. The van der Waals surface area contributed by atoms with Gasteiger partial charge < -0.3 is 29.2 Å². The van der Waals surface area contributed by atoms with E-state index < -0.39 is 16.4 Å². The third-order valence-corrected chi connectivity index (χ3v) is 9.55. The summed E-state index contributed by atoms with van der Waals surface area (Å²) in [6, 6.07) is 9.62. The highest BCUT2D eigenvalue weighted by Crippen LogP contribution is 2.39. The first-order chi connectivity index (χ1) is 21.6. The van der Waals surface area contributed by atoms with Crippen LogP contribution in [0.3, 0.4) is 0 Å². The number of carbonyl (C=O) groups excluding carboxylic acids is 2. The van der Waals surface area contributed by atoms with Crippen molar-refractivity contribution in [3.8, 4) is 23.0 Å². The Hall–Kier alpha value is -3.51. The number of nitrogens with zero attached hydrogens (tertiary/aromatic N) is 4. The van der Waals surface area contributed by atoms with Crippen molar-refractivity contribution in [1.29, 1.82) is 0 Å². The first kappa shape index (κ1) is 31.5. The SMILES string of the molecule is CCOc1nc(-c2nn(C3CCCCO3)c3ccc(NC(=O)C4(SC)CCN(C(=O)OC(C)(C)C)C4)cc23)ccc1OC1CC1. The molecule has 0 bridgehead atoms. The topological polar surface area (TPSA) is 117 Å². The van der Waals surface area contributed by atoms with E-state index in [2.05, 4.69) is 5.32 Å². The Balaban J connectivity index is 1.31. The normalized spacial score (nSPS) is 22.0. The average Bonchev–Trinajstić information content (AvgIpc) is 3.58. The van der Waals surface area contributed by atoms with Gasteiger partial charge in [-0.1, -0.05) is 0 Å². The van der Waals surface area contributed by atoms with Gasteiger partial charge in [-0.2, -0.15) is 5.10 Å². The zero-order chi connectivity index (χ0) is 31.8. The quantitative estimate of drug-likeness (QED) is 0.284. The second-order valence-electron chi connectivity index (χ2n) is 12.9. The number of aromatic nitrogens is 3. The lowest BCUT2D eigenvalue weighted by Crippen LogP contribution is -2.44. The lowest BCUT2D eigenvalue weighted by Gasteiger charge is -2.28. The Morgan fingerprint density at radius 3 is 2.67 bits per heavy atom. The van der Waals surface area contributed by atoms with Crippen LogP contribution in [0.4, 0.5) is 10.5 Å². The number of pyridine rings is 1. The fraction of sp³-hybridized carbons (Fsp3) is 0.576. The molecule has 6 rings (SSSR count). The molecule has 1 aromatic carbocycles. The average molecular weight is 638 g/mol. The zero-order valence-electron chi connectivity index (χ0n) is 26.8. The van der Waals surface area contributed by atoms with Gasteiger partial charge in [-0.3, -0.25) is 4.79 Å². The van der Waals surface area contributed by atoms with Gasteiger partial charge in [-0.15, -0.1) is 11.8 Å². The Kier molecular flexibility index (Phi) is 8.89. The molecular weight excluding hydrogens is 594 g/mol. The van der Waals surface area contributed by atoms with E-state index in [1.165, 1.54) is 11.8 Å². The molecule has 0 spiro atoms. The number of hydrogen-bond donors (Lipinski definition) is 1. The van der Waals surface area contributed by atoms with Crippen LogP contribution in [0.15, 0.2) is 30.3 Å². The number of amides is 2. The van der Waals surface area contributed by atoms with Gasteiger partial charge in [0.05, 0.1) is 23.9 Å². The van der Waals surface area contributed by atoms with Crippen molar-refractivity contribution in [2.75, 3.05) is 37.9 Å². The van der Waals surface area contributed by atoms with Crippen LogP contribution in [0.1, 0.15) is 72.4 Å². The van der Waals surface area contributed by atoms with Crippen LogP contribution < -0.4 is 14.8 Å². The summed E-state index contributed by atoms with van der Waals surface area (Å²) >= 11 is 1.46. The van der Waals surface area contributed by atoms with Crippen molar-refractivity contribution in [3.63, 3.8) is 0 Å². The third kappa shape index (κ3) is 6.86. The van der Waals surface area contributed by atoms with Gasteiger partial charge in [0, 0.05) is 30.8 Å². The van der Waals surface area contributed by atoms with E-state index in [-0.39, 0.29) is 24.8 Å². The van der Waals surface area contributed by atoms with Gasteiger partial charge in [-0.05, 0) is 103 Å². The monoisotopic (exact) mass is 637 g/mol. The van der Waals surface area contributed by atoms with Crippen molar-refractivity contribution >= 4 is 40.4 Å². The van der Waals surface area contributed by atoms with E-state index in [1.54, 1.807) is 4.90 Å². The number of benzene rings is 1. The van der Waals surface area contributed by atoms with Crippen molar-refractivity contribution in [3.05, 3.63) is 30.3 Å². The van der Waals surface area contributed by atoms with Gasteiger partial charge in [0.1, 0.15) is 16.0 Å². The Labute approximate surface area is 268 Å². The van der Waals surface area contributed by atoms with Crippen LogP contribution in [0.5, 0.6) is 11.6 Å². The zero-order valence-corrected chi connectivity index (χ0v) is 27.6. The minimum absolute atomic E-state index is 0.150. The second kappa shape index (κ2) is 12.7. The molecule has 3 fully saturated rings. The predicted octanol–water partition coefficient (Wildman–Crippen LogP) is 6.42. The summed E-state index contributed by atoms with van der Waals surface area (Å²) in [5.74, 6) is 0.929. The Morgan fingerprint density at radius 1 is 1.16 bits per heavy atom. The number of fused-ring (bicyclic) bond motifs is 1. The maximum atomic E-state index is 13.8. The fourth-order valence-electron chi connectivity index (χ4n) is 5.75. The van der Waals surface area contributed by atoms with E-state index in [4.69, 9.17) is 29.0 Å². The summed E-state index contributed by atoms with van der Waals surface area (Å²) in [6.45, 7) is 9.32. The summed E-state index contributed by atoms with van der Waals surface area (Å²) in [6.07, 6.45) is 7.10. The Bertz CT molecular complexity index is 1560.